The highest BCUT2D eigenvalue weighted by molar-refractivity contribution is 6.16. The fourth-order valence-corrected chi connectivity index (χ4v) is 0.936. The van der Waals surface area contributed by atoms with Crippen molar-refractivity contribution >= 4 is 18.1 Å². The predicted molar refractivity (Wildman–Crippen MR) is 62.9 cm³/mol. The molecule has 0 aromatic heterocycles. The number of hydrogen-bond donors (Lipinski definition) is 0. The molecule has 0 aliphatic heterocycles. The van der Waals surface area contributed by atoms with Crippen LogP contribution in [0.1, 0.15) is 13.8 Å². The van der Waals surface area contributed by atoms with E-state index in [0.29, 0.717) is 12.9 Å². The third kappa shape index (κ3) is 5.21. The van der Waals surface area contributed by atoms with E-state index in [4.69, 9.17) is 4.74 Å². The zero-order chi connectivity index (χ0) is 13.4. The van der Waals surface area contributed by atoms with Gasteiger partial charge in [-0.3, -0.25) is 19.3 Å². The number of ether oxygens (including phenoxy) is 1. The third-order valence-electron chi connectivity index (χ3n) is 1.77. The Labute approximate surface area is 101 Å². The van der Waals surface area contributed by atoms with Crippen LogP contribution in [-0.2, 0) is 19.1 Å². The summed E-state index contributed by atoms with van der Waals surface area (Å²) in [5.74, 6) is -1.12. The van der Waals surface area contributed by atoms with E-state index in [0.717, 1.165) is 11.0 Å². The number of carbonyl (C=O) groups is 3. The Morgan fingerprint density at radius 3 is 2.41 bits per heavy atom. The zero-order valence-electron chi connectivity index (χ0n) is 10.1. The van der Waals surface area contributed by atoms with Crippen molar-refractivity contribution < 1.29 is 19.1 Å². The van der Waals surface area contributed by atoms with Gasteiger partial charge in [0.15, 0.2) is 6.29 Å². The van der Waals surface area contributed by atoms with Gasteiger partial charge in [-0.1, -0.05) is 27.0 Å². The molecule has 0 aromatic carbocycles. The van der Waals surface area contributed by atoms with E-state index < -0.39 is 11.8 Å². The van der Waals surface area contributed by atoms with Crippen LogP contribution in [0.3, 0.4) is 0 Å². The van der Waals surface area contributed by atoms with Crippen molar-refractivity contribution in [1.29, 1.82) is 0 Å². The molecular formula is C12H17NO4. The number of rotatable bonds is 7. The first kappa shape index (κ1) is 15.2. The van der Waals surface area contributed by atoms with E-state index in [9.17, 15) is 14.4 Å². The van der Waals surface area contributed by atoms with Crippen molar-refractivity contribution in [2.75, 3.05) is 13.3 Å². The Morgan fingerprint density at radius 2 is 2.00 bits per heavy atom. The lowest BCUT2D eigenvalue weighted by atomic mass is 10.2. The van der Waals surface area contributed by atoms with Crippen LogP contribution in [0.5, 0.6) is 0 Å². The Bertz CT molecular complexity index is 333. The Morgan fingerprint density at radius 1 is 1.41 bits per heavy atom. The fourth-order valence-electron chi connectivity index (χ4n) is 0.936. The van der Waals surface area contributed by atoms with Gasteiger partial charge in [0.2, 0.25) is 0 Å². The molecule has 0 atom stereocenters. The Balaban J connectivity index is 4.59. The first-order valence-electron chi connectivity index (χ1n) is 5.14. The van der Waals surface area contributed by atoms with Gasteiger partial charge < -0.3 is 4.74 Å². The molecule has 17 heavy (non-hydrogen) atoms. The molecule has 0 saturated carbocycles. The van der Waals surface area contributed by atoms with Crippen LogP contribution in [0.4, 0.5) is 0 Å². The minimum absolute atomic E-state index is 0.214. The summed E-state index contributed by atoms with van der Waals surface area (Å²) in [6.45, 7) is 10.6. The van der Waals surface area contributed by atoms with Crippen LogP contribution in [0, 0.1) is 5.92 Å². The molecule has 0 bridgehead atoms. The van der Waals surface area contributed by atoms with Gasteiger partial charge in [-0.25, -0.2) is 0 Å². The van der Waals surface area contributed by atoms with Crippen molar-refractivity contribution in [2.24, 2.45) is 5.92 Å². The zero-order valence-corrected chi connectivity index (χ0v) is 10.1. The molecule has 0 aliphatic carbocycles. The molecule has 94 valence electrons. The van der Waals surface area contributed by atoms with Crippen LogP contribution in [0.15, 0.2) is 24.8 Å². The number of hydrogen-bond acceptors (Lipinski definition) is 4. The lowest BCUT2D eigenvalue weighted by molar-refractivity contribution is -0.146. The van der Waals surface area contributed by atoms with Crippen LogP contribution in [-0.4, -0.2) is 36.3 Å². The van der Waals surface area contributed by atoms with Crippen molar-refractivity contribution in [3.8, 4) is 0 Å². The minimum Gasteiger partial charge on any atom is -0.360 e. The highest BCUT2D eigenvalue weighted by Gasteiger charge is 2.21. The van der Waals surface area contributed by atoms with Crippen molar-refractivity contribution in [1.82, 2.24) is 4.90 Å². The smallest absolute Gasteiger partial charge is 0.265 e. The summed E-state index contributed by atoms with van der Waals surface area (Å²) in [5.41, 5.74) is -0.298. The molecule has 0 radical (unpaired) electrons. The van der Waals surface area contributed by atoms with E-state index in [1.807, 2.05) is 13.8 Å². The fraction of sp³-hybridized carbons (Fsp3) is 0.417. The number of aldehydes is 1. The quantitative estimate of drug-likeness (QED) is 0.218. The first-order chi connectivity index (χ1) is 7.93. The highest BCUT2D eigenvalue weighted by Crippen LogP contribution is 2.01. The van der Waals surface area contributed by atoms with Gasteiger partial charge in [0.05, 0.1) is 12.2 Å². The molecule has 0 aliphatic rings. The summed E-state index contributed by atoms with van der Waals surface area (Å²) in [6.07, 6.45) is 1.28. The molecule has 0 aromatic rings. The second-order valence-corrected chi connectivity index (χ2v) is 3.81. The molecule has 2 amide bonds. The molecule has 0 saturated heterocycles. The molecule has 0 unspecified atom stereocenters. The SMILES string of the molecule is C=CC(=O)N(COCC(C)C)C(=O)C(=C)C=O. The summed E-state index contributed by atoms with van der Waals surface area (Å²) < 4.78 is 5.18. The van der Waals surface area contributed by atoms with Gasteiger partial charge in [-0.2, -0.15) is 0 Å². The maximum Gasteiger partial charge on any atom is 0.265 e. The van der Waals surface area contributed by atoms with Gasteiger partial charge in [0.1, 0.15) is 6.73 Å². The number of carbonyl (C=O) groups excluding carboxylic acids is 3. The van der Waals surface area contributed by atoms with Gasteiger partial charge in [0, 0.05) is 0 Å². The number of amides is 2. The predicted octanol–water partition coefficient (Wildman–Crippen LogP) is 0.913. The average Bonchev–Trinajstić information content (AvgIpc) is 2.31. The number of nitrogens with zero attached hydrogens (tertiary/aromatic N) is 1. The van der Waals surface area contributed by atoms with Crippen molar-refractivity contribution in [3.05, 3.63) is 24.8 Å². The molecule has 0 N–H and O–H groups in total. The van der Waals surface area contributed by atoms with Crippen molar-refractivity contribution in [3.63, 3.8) is 0 Å². The van der Waals surface area contributed by atoms with Gasteiger partial charge in [-0.05, 0) is 12.0 Å². The topological polar surface area (TPSA) is 63.7 Å². The molecule has 0 fully saturated rings. The standard InChI is InChI=1S/C12H17NO4/c1-5-11(15)13(8-17-7-9(2)3)12(16)10(4)6-14/h5-6,9H,1,4,7-8H2,2-3H3. The molecule has 0 heterocycles. The largest absolute Gasteiger partial charge is 0.360 e. The van der Waals surface area contributed by atoms with Crippen molar-refractivity contribution in [2.45, 2.75) is 13.8 Å². The van der Waals surface area contributed by atoms with E-state index >= 15 is 0 Å². The summed E-state index contributed by atoms with van der Waals surface area (Å²) in [4.78, 5) is 34.2. The third-order valence-corrected chi connectivity index (χ3v) is 1.77. The molecule has 5 nitrogen and oxygen atoms in total. The Hall–Kier alpha value is -1.75. The molecule has 0 spiro atoms. The molecule has 0 rings (SSSR count). The van der Waals surface area contributed by atoms with Gasteiger partial charge in [0.25, 0.3) is 11.8 Å². The number of imide groups is 1. The lowest BCUT2D eigenvalue weighted by Gasteiger charge is -2.19. The minimum atomic E-state index is -0.770. The second-order valence-electron chi connectivity index (χ2n) is 3.81. The van der Waals surface area contributed by atoms with E-state index in [1.165, 1.54) is 0 Å². The maximum absolute atomic E-state index is 11.6. The maximum atomic E-state index is 11.6. The molecular weight excluding hydrogens is 222 g/mol. The highest BCUT2D eigenvalue weighted by atomic mass is 16.5. The van der Waals surface area contributed by atoms with Crippen LogP contribution in [0.2, 0.25) is 0 Å². The summed E-state index contributed by atoms with van der Waals surface area (Å²) in [7, 11) is 0. The monoisotopic (exact) mass is 239 g/mol. The van der Waals surface area contributed by atoms with E-state index in [2.05, 4.69) is 13.2 Å². The average molecular weight is 239 g/mol. The summed E-state index contributed by atoms with van der Waals surface area (Å²) >= 11 is 0. The summed E-state index contributed by atoms with van der Waals surface area (Å²) in [5, 5.41) is 0. The van der Waals surface area contributed by atoms with E-state index in [-0.39, 0.29) is 18.2 Å². The van der Waals surface area contributed by atoms with Crippen LogP contribution >= 0.6 is 0 Å². The van der Waals surface area contributed by atoms with Crippen LogP contribution < -0.4 is 0 Å². The Kier molecular flexibility index (Phi) is 6.74. The lowest BCUT2D eigenvalue weighted by Crippen LogP contribution is -2.38. The van der Waals surface area contributed by atoms with Crippen LogP contribution in [0.25, 0.3) is 0 Å². The van der Waals surface area contributed by atoms with E-state index in [1.54, 1.807) is 0 Å². The van der Waals surface area contributed by atoms with Gasteiger partial charge in [-0.15, -0.1) is 0 Å². The normalized spacial score (nSPS) is 9.82. The molecule has 5 heteroatoms. The van der Waals surface area contributed by atoms with Gasteiger partial charge >= 0.3 is 0 Å². The first-order valence-corrected chi connectivity index (χ1v) is 5.14. The summed E-state index contributed by atoms with van der Waals surface area (Å²) in [6, 6.07) is 0. The second kappa shape index (κ2) is 7.51.